The summed E-state index contributed by atoms with van der Waals surface area (Å²) in [5.41, 5.74) is 5.83. The second-order valence-electron chi connectivity index (χ2n) is 9.83. The van der Waals surface area contributed by atoms with E-state index in [0.717, 1.165) is 34.1 Å². The Morgan fingerprint density at radius 1 is 0.865 bits per heavy atom. The summed E-state index contributed by atoms with van der Waals surface area (Å²) in [6, 6.07) is 24.0. The van der Waals surface area contributed by atoms with Crippen LogP contribution >= 0.6 is 0 Å². The predicted molar refractivity (Wildman–Crippen MR) is 148 cm³/mol. The molecule has 0 bridgehead atoms. The van der Waals surface area contributed by atoms with Crippen molar-refractivity contribution in [2.24, 2.45) is 5.92 Å². The highest BCUT2D eigenvalue weighted by molar-refractivity contribution is 5.95. The molecule has 1 fully saturated rings. The van der Waals surface area contributed by atoms with Crippen molar-refractivity contribution in [3.05, 3.63) is 90.0 Å². The Hall–Kier alpha value is -3.90. The molecule has 3 aromatic carbocycles. The van der Waals surface area contributed by atoms with Crippen molar-refractivity contribution in [1.82, 2.24) is 0 Å². The van der Waals surface area contributed by atoms with Gasteiger partial charge in [0.05, 0.1) is 12.6 Å². The van der Waals surface area contributed by atoms with Crippen LogP contribution in [0.4, 0.5) is 11.4 Å². The van der Waals surface area contributed by atoms with Crippen molar-refractivity contribution in [3.63, 3.8) is 0 Å². The van der Waals surface area contributed by atoms with Gasteiger partial charge in [-0.05, 0) is 78.3 Å². The second kappa shape index (κ2) is 11.9. The monoisotopic (exact) mass is 498 g/mol. The molecule has 0 aliphatic heterocycles. The summed E-state index contributed by atoms with van der Waals surface area (Å²) in [5, 5.41) is 18.9. The van der Waals surface area contributed by atoms with E-state index in [4.69, 9.17) is 5.11 Å². The van der Waals surface area contributed by atoms with E-state index in [0.29, 0.717) is 37.8 Å². The van der Waals surface area contributed by atoms with Crippen molar-refractivity contribution in [2.75, 3.05) is 23.9 Å². The minimum atomic E-state index is -1.02. The van der Waals surface area contributed by atoms with E-state index in [2.05, 4.69) is 41.3 Å². The fraction of sp³-hybridized carbons (Fsp3) is 0.290. The van der Waals surface area contributed by atoms with Crippen LogP contribution in [0.3, 0.4) is 0 Å². The van der Waals surface area contributed by atoms with E-state index in [1.807, 2.05) is 50.5 Å². The summed E-state index contributed by atoms with van der Waals surface area (Å²) in [6.07, 6.45) is 4.88. The molecular formula is C31H34N2O4. The number of carbonyl (C=O) groups is 2. The van der Waals surface area contributed by atoms with Crippen LogP contribution < -0.4 is 9.80 Å². The van der Waals surface area contributed by atoms with Crippen molar-refractivity contribution in [2.45, 2.75) is 38.3 Å². The zero-order valence-electron chi connectivity index (χ0n) is 21.4. The minimum Gasteiger partial charge on any atom is -0.478 e. The van der Waals surface area contributed by atoms with Gasteiger partial charge in [0, 0.05) is 37.5 Å². The third-order valence-electron chi connectivity index (χ3n) is 6.92. The summed E-state index contributed by atoms with van der Waals surface area (Å²) in [5.74, 6) is -1.12. The lowest BCUT2D eigenvalue weighted by Gasteiger charge is -2.31. The summed E-state index contributed by atoms with van der Waals surface area (Å²) in [6.45, 7) is 0.407. The number of hydrogen-bond acceptors (Lipinski definition) is 4. The first-order chi connectivity index (χ1) is 17.8. The van der Waals surface area contributed by atoms with Crippen LogP contribution in [0.1, 0.15) is 36.8 Å². The summed E-state index contributed by atoms with van der Waals surface area (Å²) < 4.78 is 0. The Bertz CT molecular complexity index is 1240. The molecule has 0 atom stereocenters. The van der Waals surface area contributed by atoms with E-state index < -0.39 is 5.97 Å². The van der Waals surface area contributed by atoms with Crippen LogP contribution in [0.5, 0.6) is 0 Å². The van der Waals surface area contributed by atoms with Gasteiger partial charge in [-0.1, -0.05) is 48.5 Å². The minimum absolute atomic E-state index is 0.0367. The average molecular weight is 499 g/mol. The number of rotatable bonds is 8. The van der Waals surface area contributed by atoms with Gasteiger partial charge in [-0.3, -0.25) is 4.79 Å². The number of hydrogen-bond donors (Lipinski definition) is 2. The van der Waals surface area contributed by atoms with Gasteiger partial charge in [-0.25, -0.2) is 4.79 Å². The van der Waals surface area contributed by atoms with Crippen LogP contribution in [0, 0.1) is 5.92 Å². The molecular weight excluding hydrogens is 464 g/mol. The smallest absolute Gasteiger partial charge is 0.328 e. The third-order valence-corrected chi connectivity index (χ3v) is 6.92. The van der Waals surface area contributed by atoms with Gasteiger partial charge in [-0.2, -0.15) is 0 Å². The standard InChI is InChI=1S/C31H34N2O4/c1-32(2)27-15-11-25(12-16-27)24-9-6-23(7-10-24)21-33(31(37)26-13-17-29(34)18-14-26)28-5-3-4-22(20-28)8-19-30(35)36/h3-12,15-16,19-20,26,29,34H,13-14,17-18,21H2,1-2H3,(H,35,36)/b19-8+/t26-,29-. The molecule has 0 aromatic heterocycles. The number of nitrogens with zero attached hydrogens (tertiary/aromatic N) is 2. The Morgan fingerprint density at radius 3 is 2.08 bits per heavy atom. The maximum atomic E-state index is 13.7. The number of carboxylic acid groups (broad SMARTS) is 1. The van der Waals surface area contributed by atoms with Crippen molar-refractivity contribution >= 4 is 29.3 Å². The Balaban J connectivity index is 1.59. The Morgan fingerprint density at radius 2 is 1.49 bits per heavy atom. The highest BCUT2D eigenvalue weighted by atomic mass is 16.4. The number of anilines is 2. The van der Waals surface area contributed by atoms with E-state index in [9.17, 15) is 14.7 Å². The molecule has 1 aliphatic rings. The van der Waals surface area contributed by atoms with Gasteiger partial charge in [0.25, 0.3) is 0 Å². The summed E-state index contributed by atoms with van der Waals surface area (Å²) in [4.78, 5) is 28.5. The van der Waals surface area contributed by atoms with Crippen molar-refractivity contribution in [3.8, 4) is 11.1 Å². The average Bonchev–Trinajstić information content (AvgIpc) is 2.91. The fourth-order valence-electron chi connectivity index (χ4n) is 4.74. The van der Waals surface area contributed by atoms with Crippen LogP contribution in [-0.4, -0.2) is 42.3 Å². The van der Waals surface area contributed by atoms with Gasteiger partial charge in [0.2, 0.25) is 5.91 Å². The zero-order valence-corrected chi connectivity index (χ0v) is 21.4. The second-order valence-corrected chi connectivity index (χ2v) is 9.83. The first-order valence-electron chi connectivity index (χ1n) is 12.7. The zero-order chi connectivity index (χ0) is 26.4. The first kappa shape index (κ1) is 26.2. The van der Waals surface area contributed by atoms with E-state index >= 15 is 0 Å². The molecule has 192 valence electrons. The van der Waals surface area contributed by atoms with Crippen LogP contribution in [0.2, 0.25) is 0 Å². The van der Waals surface area contributed by atoms with Gasteiger partial charge in [-0.15, -0.1) is 0 Å². The molecule has 6 heteroatoms. The normalized spacial score (nSPS) is 17.5. The summed E-state index contributed by atoms with van der Waals surface area (Å²) in [7, 11) is 4.04. The van der Waals surface area contributed by atoms with Gasteiger partial charge < -0.3 is 20.0 Å². The van der Waals surface area contributed by atoms with Crippen LogP contribution in [0.15, 0.2) is 78.9 Å². The molecule has 37 heavy (non-hydrogen) atoms. The molecule has 4 rings (SSSR count). The maximum Gasteiger partial charge on any atom is 0.328 e. The van der Waals surface area contributed by atoms with Gasteiger partial charge in [0.15, 0.2) is 0 Å². The molecule has 0 saturated heterocycles. The SMILES string of the molecule is CN(C)c1ccc(-c2ccc(CN(c3cccc(/C=C/C(=O)O)c3)C(=O)[C@H]3CC[C@H](O)CC3)cc2)cc1. The lowest BCUT2D eigenvalue weighted by atomic mass is 9.86. The highest BCUT2D eigenvalue weighted by Gasteiger charge is 2.29. The quantitative estimate of drug-likeness (QED) is 0.395. The fourth-order valence-corrected chi connectivity index (χ4v) is 4.74. The van der Waals surface area contributed by atoms with Crippen molar-refractivity contribution in [1.29, 1.82) is 0 Å². The molecule has 2 N–H and O–H groups in total. The molecule has 0 radical (unpaired) electrons. The maximum absolute atomic E-state index is 13.7. The van der Waals surface area contributed by atoms with E-state index in [-0.39, 0.29) is 17.9 Å². The largest absolute Gasteiger partial charge is 0.478 e. The lowest BCUT2D eigenvalue weighted by Crippen LogP contribution is -2.38. The van der Waals surface area contributed by atoms with Crippen LogP contribution in [-0.2, 0) is 16.1 Å². The molecule has 0 spiro atoms. The Labute approximate surface area is 218 Å². The number of aliphatic carboxylic acids is 1. The third kappa shape index (κ3) is 6.86. The number of amides is 1. The molecule has 0 unspecified atom stereocenters. The molecule has 1 aliphatic carbocycles. The molecule has 1 saturated carbocycles. The first-order valence-corrected chi connectivity index (χ1v) is 12.7. The van der Waals surface area contributed by atoms with E-state index in [1.54, 1.807) is 4.90 Å². The number of aliphatic hydroxyl groups excluding tert-OH is 1. The number of carbonyl (C=O) groups excluding carboxylic acids is 1. The molecule has 1 amide bonds. The molecule has 6 nitrogen and oxygen atoms in total. The molecule has 0 heterocycles. The number of benzene rings is 3. The van der Waals surface area contributed by atoms with E-state index in [1.165, 1.54) is 6.08 Å². The topological polar surface area (TPSA) is 81.1 Å². The highest BCUT2D eigenvalue weighted by Crippen LogP contribution is 2.30. The summed E-state index contributed by atoms with van der Waals surface area (Å²) >= 11 is 0. The van der Waals surface area contributed by atoms with Crippen LogP contribution in [0.25, 0.3) is 17.2 Å². The Kier molecular flexibility index (Phi) is 8.41. The predicted octanol–water partition coefficient (Wildman–Crippen LogP) is 5.60. The molecule has 3 aromatic rings. The van der Waals surface area contributed by atoms with Gasteiger partial charge in [0.1, 0.15) is 0 Å². The van der Waals surface area contributed by atoms with Crippen molar-refractivity contribution < 1.29 is 19.8 Å². The number of aliphatic hydroxyl groups is 1. The number of carboxylic acids is 1. The van der Waals surface area contributed by atoms with Gasteiger partial charge >= 0.3 is 5.97 Å². The lowest BCUT2D eigenvalue weighted by molar-refractivity contribution is -0.131.